The van der Waals surface area contributed by atoms with Crippen LogP contribution in [0.5, 0.6) is 0 Å². The van der Waals surface area contributed by atoms with Gasteiger partial charge in [0.1, 0.15) is 0 Å². The van der Waals surface area contributed by atoms with Crippen molar-refractivity contribution in [3.63, 3.8) is 0 Å². The zero-order valence-corrected chi connectivity index (χ0v) is 10.2. The Morgan fingerprint density at radius 3 is 2.62 bits per heavy atom. The Kier molecular flexibility index (Phi) is 2.56. The molecule has 2 rings (SSSR count). The van der Waals surface area contributed by atoms with Crippen LogP contribution in [0.2, 0.25) is 0 Å². The van der Waals surface area contributed by atoms with E-state index >= 15 is 0 Å². The third-order valence-electron chi connectivity index (χ3n) is 2.59. The number of benzene rings is 1. The Balaban J connectivity index is 2.66. The zero-order chi connectivity index (χ0) is 12.0. The maximum Gasteiger partial charge on any atom is 0.240 e. The summed E-state index contributed by atoms with van der Waals surface area (Å²) >= 11 is 0. The van der Waals surface area contributed by atoms with Gasteiger partial charge in [-0.2, -0.15) is 0 Å². The van der Waals surface area contributed by atoms with Crippen molar-refractivity contribution in [1.82, 2.24) is 4.72 Å². The summed E-state index contributed by atoms with van der Waals surface area (Å²) in [6.45, 7) is 0. The average Bonchev–Trinajstić information content (AvgIpc) is 2.55. The maximum absolute atomic E-state index is 11.6. The Hall–Kier alpha value is -0.920. The van der Waals surface area contributed by atoms with Crippen LogP contribution < -0.4 is 4.72 Å². The highest BCUT2D eigenvalue weighted by Gasteiger charge is 2.27. The molecule has 0 saturated heterocycles. The van der Waals surface area contributed by atoms with Crippen LogP contribution >= 0.6 is 0 Å². The van der Waals surface area contributed by atoms with Gasteiger partial charge in [0.2, 0.25) is 10.0 Å². The SMILES string of the molecule is CNS(=O)(=O)c1ccc2c(c1)S(=O)(=O)CC2. The van der Waals surface area contributed by atoms with E-state index in [9.17, 15) is 16.8 Å². The van der Waals surface area contributed by atoms with Crippen LogP contribution in [-0.4, -0.2) is 29.6 Å². The molecule has 1 aromatic rings. The first-order valence-electron chi connectivity index (χ1n) is 4.66. The Morgan fingerprint density at radius 2 is 2.00 bits per heavy atom. The molecule has 0 bridgehead atoms. The molecule has 16 heavy (non-hydrogen) atoms. The molecule has 1 N–H and O–H groups in total. The minimum Gasteiger partial charge on any atom is -0.224 e. The quantitative estimate of drug-likeness (QED) is 0.807. The van der Waals surface area contributed by atoms with Crippen LogP contribution in [-0.2, 0) is 26.3 Å². The van der Waals surface area contributed by atoms with Crippen molar-refractivity contribution in [2.24, 2.45) is 0 Å². The average molecular weight is 261 g/mol. The molecule has 1 heterocycles. The van der Waals surface area contributed by atoms with Crippen molar-refractivity contribution in [2.75, 3.05) is 12.8 Å². The van der Waals surface area contributed by atoms with E-state index in [0.29, 0.717) is 12.0 Å². The summed E-state index contributed by atoms with van der Waals surface area (Å²) in [6.07, 6.45) is 0.456. The van der Waals surface area contributed by atoms with E-state index in [1.165, 1.54) is 19.2 Å². The molecule has 0 fully saturated rings. The minimum absolute atomic E-state index is 0.0146. The van der Waals surface area contributed by atoms with E-state index in [2.05, 4.69) is 4.72 Å². The molecule has 88 valence electrons. The molecule has 1 aromatic carbocycles. The van der Waals surface area contributed by atoms with Gasteiger partial charge < -0.3 is 0 Å². The summed E-state index contributed by atoms with van der Waals surface area (Å²) in [5.74, 6) is 0.0609. The van der Waals surface area contributed by atoms with Gasteiger partial charge in [-0.1, -0.05) is 6.07 Å². The number of aryl methyl sites for hydroxylation is 1. The molecule has 0 amide bonds. The number of nitrogens with one attached hydrogen (secondary N) is 1. The van der Waals surface area contributed by atoms with E-state index in [1.54, 1.807) is 6.07 Å². The van der Waals surface area contributed by atoms with Crippen LogP contribution in [0.3, 0.4) is 0 Å². The minimum atomic E-state index is -3.58. The lowest BCUT2D eigenvalue weighted by Crippen LogP contribution is -2.18. The first-order chi connectivity index (χ1) is 7.37. The smallest absolute Gasteiger partial charge is 0.224 e. The zero-order valence-electron chi connectivity index (χ0n) is 8.60. The summed E-state index contributed by atoms with van der Waals surface area (Å²) < 4.78 is 48.4. The standard InChI is InChI=1S/C9H11NO4S2/c1-10-16(13,14)8-3-2-7-4-5-15(11,12)9(7)6-8/h2-3,6,10H,4-5H2,1H3. The van der Waals surface area contributed by atoms with Crippen molar-refractivity contribution in [2.45, 2.75) is 16.2 Å². The number of sulfone groups is 1. The fraction of sp³-hybridized carbons (Fsp3) is 0.333. The molecule has 1 aliphatic heterocycles. The van der Waals surface area contributed by atoms with Gasteiger partial charge >= 0.3 is 0 Å². The first-order valence-corrected chi connectivity index (χ1v) is 7.79. The van der Waals surface area contributed by atoms with Gasteiger partial charge in [-0.05, 0) is 31.2 Å². The Morgan fingerprint density at radius 1 is 1.31 bits per heavy atom. The molecule has 0 aliphatic carbocycles. The summed E-state index contributed by atoms with van der Waals surface area (Å²) in [4.78, 5) is 0.128. The van der Waals surface area contributed by atoms with E-state index in [0.717, 1.165) is 0 Å². The summed E-state index contributed by atoms with van der Waals surface area (Å²) in [5, 5.41) is 0. The van der Waals surface area contributed by atoms with E-state index in [4.69, 9.17) is 0 Å². The fourth-order valence-electron chi connectivity index (χ4n) is 1.67. The predicted molar refractivity (Wildman–Crippen MR) is 58.4 cm³/mol. The molecule has 1 aliphatic rings. The number of rotatable bonds is 2. The van der Waals surface area contributed by atoms with Gasteiger partial charge in [0, 0.05) is 0 Å². The van der Waals surface area contributed by atoms with E-state index < -0.39 is 19.9 Å². The lowest BCUT2D eigenvalue weighted by atomic mass is 10.2. The first kappa shape index (κ1) is 11.6. The number of hydrogen-bond donors (Lipinski definition) is 1. The molecule has 0 spiro atoms. The Labute approximate surface area is 94.5 Å². The van der Waals surface area contributed by atoms with Gasteiger partial charge in [0.05, 0.1) is 15.5 Å². The van der Waals surface area contributed by atoms with Crippen molar-refractivity contribution in [3.05, 3.63) is 23.8 Å². The van der Waals surface area contributed by atoms with Crippen LogP contribution in [0.4, 0.5) is 0 Å². The predicted octanol–water partition coefficient (Wildman–Crippen LogP) is -0.0755. The third kappa shape index (κ3) is 1.74. The maximum atomic E-state index is 11.6. The second kappa shape index (κ2) is 3.54. The topological polar surface area (TPSA) is 80.3 Å². The lowest BCUT2D eigenvalue weighted by Gasteiger charge is -2.04. The monoisotopic (exact) mass is 261 g/mol. The number of hydrogen-bond acceptors (Lipinski definition) is 4. The van der Waals surface area contributed by atoms with Crippen molar-refractivity contribution in [3.8, 4) is 0 Å². The van der Waals surface area contributed by atoms with Crippen LogP contribution in [0.15, 0.2) is 28.0 Å². The molecular weight excluding hydrogens is 250 g/mol. The van der Waals surface area contributed by atoms with Gasteiger partial charge in [0.25, 0.3) is 0 Å². The Bertz CT molecular complexity index is 631. The summed E-state index contributed by atoms with van der Waals surface area (Å²) in [7, 11) is -5.58. The van der Waals surface area contributed by atoms with Crippen molar-refractivity contribution in [1.29, 1.82) is 0 Å². The van der Waals surface area contributed by atoms with Crippen LogP contribution in [0, 0.1) is 0 Å². The molecule has 0 saturated carbocycles. The van der Waals surface area contributed by atoms with Gasteiger partial charge in [-0.25, -0.2) is 21.6 Å². The fourth-order valence-corrected chi connectivity index (χ4v) is 4.09. The van der Waals surface area contributed by atoms with Gasteiger partial charge in [-0.3, -0.25) is 0 Å². The molecule has 0 atom stereocenters. The normalized spacial score (nSPS) is 18.3. The number of fused-ring (bicyclic) bond motifs is 1. The second-order valence-corrected chi connectivity index (χ2v) is 7.51. The number of sulfonamides is 1. The molecule has 0 radical (unpaired) electrons. The summed E-state index contributed by atoms with van der Waals surface area (Å²) in [6, 6.07) is 4.21. The van der Waals surface area contributed by atoms with Crippen LogP contribution in [0.1, 0.15) is 5.56 Å². The second-order valence-electron chi connectivity index (χ2n) is 3.55. The van der Waals surface area contributed by atoms with E-state index in [-0.39, 0.29) is 15.5 Å². The lowest BCUT2D eigenvalue weighted by molar-refractivity contribution is 0.588. The highest BCUT2D eigenvalue weighted by Crippen LogP contribution is 2.27. The highest BCUT2D eigenvalue weighted by molar-refractivity contribution is 7.92. The van der Waals surface area contributed by atoms with Gasteiger partial charge in [0.15, 0.2) is 9.84 Å². The van der Waals surface area contributed by atoms with Gasteiger partial charge in [-0.15, -0.1) is 0 Å². The molecule has 5 nitrogen and oxygen atoms in total. The highest BCUT2D eigenvalue weighted by atomic mass is 32.2. The van der Waals surface area contributed by atoms with Crippen molar-refractivity contribution >= 4 is 19.9 Å². The molecule has 0 aromatic heterocycles. The summed E-state index contributed by atoms with van der Waals surface area (Å²) in [5.41, 5.74) is 0.690. The molecule has 0 unspecified atom stereocenters. The molecular formula is C9H11NO4S2. The van der Waals surface area contributed by atoms with E-state index in [1.807, 2.05) is 0 Å². The molecule has 7 heteroatoms. The van der Waals surface area contributed by atoms with Crippen molar-refractivity contribution < 1.29 is 16.8 Å². The van der Waals surface area contributed by atoms with Crippen LogP contribution in [0.25, 0.3) is 0 Å². The third-order valence-corrected chi connectivity index (χ3v) is 5.80. The largest absolute Gasteiger partial charge is 0.240 e.